The highest BCUT2D eigenvalue weighted by atomic mass is 35.5. The largest absolute Gasteiger partial charge is 0.348 e. The van der Waals surface area contributed by atoms with Gasteiger partial charge < -0.3 is 10.2 Å². The summed E-state index contributed by atoms with van der Waals surface area (Å²) >= 11 is 6.09. The second kappa shape index (κ2) is 7.27. The number of amides is 2. The molecular formula is C20H21ClN4O2. The van der Waals surface area contributed by atoms with Crippen LogP contribution in [0.5, 0.6) is 0 Å². The number of nitrogens with one attached hydrogen (secondary N) is 1. The van der Waals surface area contributed by atoms with E-state index in [1.165, 1.54) is 18.6 Å². The van der Waals surface area contributed by atoms with Crippen molar-refractivity contribution in [1.82, 2.24) is 15.3 Å². The lowest BCUT2D eigenvalue weighted by molar-refractivity contribution is -0.127. The van der Waals surface area contributed by atoms with Crippen LogP contribution >= 0.6 is 11.6 Å². The molecule has 1 aliphatic heterocycles. The molecule has 0 bridgehead atoms. The quantitative estimate of drug-likeness (QED) is 0.881. The Morgan fingerprint density at radius 2 is 2.19 bits per heavy atom. The van der Waals surface area contributed by atoms with E-state index in [0.717, 1.165) is 31.4 Å². The topological polar surface area (TPSA) is 75.2 Å². The van der Waals surface area contributed by atoms with Crippen LogP contribution in [0.15, 0.2) is 42.9 Å². The van der Waals surface area contributed by atoms with Crippen molar-refractivity contribution in [2.75, 3.05) is 11.4 Å². The van der Waals surface area contributed by atoms with Crippen molar-refractivity contribution in [2.45, 2.75) is 38.1 Å². The number of nitrogens with zero attached hydrogens (tertiary/aromatic N) is 3. The molecule has 1 spiro atoms. The zero-order valence-electron chi connectivity index (χ0n) is 14.9. The molecule has 1 aliphatic carbocycles. The van der Waals surface area contributed by atoms with Crippen molar-refractivity contribution in [2.24, 2.45) is 5.41 Å². The van der Waals surface area contributed by atoms with Gasteiger partial charge in [-0.2, -0.15) is 0 Å². The first-order valence-corrected chi connectivity index (χ1v) is 9.60. The van der Waals surface area contributed by atoms with Gasteiger partial charge in [-0.25, -0.2) is 4.98 Å². The van der Waals surface area contributed by atoms with Gasteiger partial charge in [0.25, 0.3) is 5.91 Å². The summed E-state index contributed by atoms with van der Waals surface area (Å²) < 4.78 is 0. The fourth-order valence-corrected chi connectivity index (χ4v) is 4.48. The van der Waals surface area contributed by atoms with Gasteiger partial charge in [0.1, 0.15) is 5.69 Å². The number of carbonyl (C=O) groups is 2. The third kappa shape index (κ3) is 3.54. The van der Waals surface area contributed by atoms with Crippen LogP contribution in [0.3, 0.4) is 0 Å². The van der Waals surface area contributed by atoms with E-state index < -0.39 is 5.41 Å². The molecule has 1 aromatic carbocycles. The summed E-state index contributed by atoms with van der Waals surface area (Å²) in [5.74, 6) is -0.0921. The Morgan fingerprint density at radius 3 is 2.96 bits per heavy atom. The average molecular weight is 385 g/mol. The van der Waals surface area contributed by atoms with Crippen LogP contribution in [-0.4, -0.2) is 34.4 Å². The molecule has 27 heavy (non-hydrogen) atoms. The van der Waals surface area contributed by atoms with Gasteiger partial charge in [-0.15, -0.1) is 0 Å². The van der Waals surface area contributed by atoms with Gasteiger partial charge in [0.2, 0.25) is 5.91 Å². The minimum absolute atomic E-state index is 0.0310. The van der Waals surface area contributed by atoms with E-state index in [-0.39, 0.29) is 17.9 Å². The Kier molecular flexibility index (Phi) is 4.83. The van der Waals surface area contributed by atoms with Gasteiger partial charge in [0.15, 0.2) is 0 Å². The van der Waals surface area contributed by atoms with E-state index in [1.54, 1.807) is 6.07 Å². The third-order valence-corrected chi connectivity index (χ3v) is 5.84. The van der Waals surface area contributed by atoms with Crippen molar-refractivity contribution in [3.63, 3.8) is 0 Å². The smallest absolute Gasteiger partial charge is 0.271 e. The lowest BCUT2D eigenvalue weighted by Crippen LogP contribution is -2.46. The van der Waals surface area contributed by atoms with Crippen molar-refractivity contribution in [3.05, 3.63) is 53.6 Å². The molecule has 6 nitrogen and oxygen atoms in total. The Balaban J connectivity index is 1.47. The number of halogens is 1. The molecule has 2 aliphatic rings. The zero-order valence-corrected chi connectivity index (χ0v) is 15.7. The molecule has 2 heterocycles. The number of anilines is 1. The highest BCUT2D eigenvalue weighted by Gasteiger charge is 2.49. The lowest BCUT2D eigenvalue weighted by Gasteiger charge is -2.36. The molecule has 1 saturated carbocycles. The molecule has 1 N–H and O–H groups in total. The van der Waals surface area contributed by atoms with E-state index in [2.05, 4.69) is 15.3 Å². The van der Waals surface area contributed by atoms with E-state index in [4.69, 9.17) is 11.6 Å². The average Bonchev–Trinajstić information content (AvgIpc) is 2.98. The first-order chi connectivity index (χ1) is 13.1. The van der Waals surface area contributed by atoms with E-state index in [1.807, 2.05) is 23.1 Å². The van der Waals surface area contributed by atoms with Crippen LogP contribution < -0.4 is 10.2 Å². The second-order valence-corrected chi connectivity index (χ2v) is 7.76. The summed E-state index contributed by atoms with van der Waals surface area (Å²) in [4.78, 5) is 35.5. The van der Waals surface area contributed by atoms with Gasteiger partial charge in [-0.3, -0.25) is 14.6 Å². The molecule has 1 saturated heterocycles. The first kappa shape index (κ1) is 17.9. The molecule has 4 rings (SSSR count). The van der Waals surface area contributed by atoms with Crippen LogP contribution in [0, 0.1) is 5.41 Å². The molecule has 7 heteroatoms. The minimum atomic E-state index is -0.402. The van der Waals surface area contributed by atoms with E-state index in [9.17, 15) is 9.59 Å². The summed E-state index contributed by atoms with van der Waals surface area (Å²) in [6.45, 7) is 0.685. The highest BCUT2D eigenvalue weighted by molar-refractivity contribution is 6.31. The van der Waals surface area contributed by atoms with Crippen LogP contribution in [-0.2, 0) is 4.79 Å². The summed E-state index contributed by atoms with van der Waals surface area (Å²) in [6.07, 6.45) is 8.61. The standard InChI is InChI=1S/C20H21ClN4O2/c21-14-3-1-5-16(11-14)25-10-7-20(19(25)27)6-2-4-15(12-20)24-18(26)17-13-22-8-9-23-17/h1,3,5,8-9,11,13,15H,2,4,6-7,10,12H2,(H,24,26)/t15-,20?/m0/s1. The maximum absolute atomic E-state index is 13.2. The van der Waals surface area contributed by atoms with Crippen molar-refractivity contribution < 1.29 is 9.59 Å². The number of hydrogen-bond acceptors (Lipinski definition) is 4. The van der Waals surface area contributed by atoms with Gasteiger partial charge in [0, 0.05) is 35.7 Å². The first-order valence-electron chi connectivity index (χ1n) is 9.22. The molecular weight excluding hydrogens is 364 g/mol. The highest BCUT2D eigenvalue weighted by Crippen LogP contribution is 2.46. The van der Waals surface area contributed by atoms with Gasteiger partial charge in [-0.05, 0) is 43.9 Å². The number of aromatic nitrogens is 2. The number of carbonyl (C=O) groups excluding carboxylic acids is 2. The molecule has 0 radical (unpaired) electrons. The number of rotatable bonds is 3. The zero-order chi connectivity index (χ0) is 18.9. The predicted octanol–water partition coefficient (Wildman–Crippen LogP) is 3.23. The Morgan fingerprint density at radius 1 is 1.30 bits per heavy atom. The van der Waals surface area contributed by atoms with Gasteiger partial charge in [-0.1, -0.05) is 24.1 Å². The molecule has 1 unspecified atom stereocenters. The van der Waals surface area contributed by atoms with Crippen LogP contribution in [0.2, 0.25) is 5.02 Å². The van der Waals surface area contributed by atoms with Gasteiger partial charge >= 0.3 is 0 Å². The maximum Gasteiger partial charge on any atom is 0.271 e. The Labute approximate surface area is 163 Å². The second-order valence-electron chi connectivity index (χ2n) is 7.32. The fraction of sp³-hybridized carbons (Fsp3) is 0.400. The normalized spacial score (nSPS) is 25.0. The number of hydrogen-bond donors (Lipinski definition) is 1. The Bertz CT molecular complexity index is 860. The van der Waals surface area contributed by atoms with Gasteiger partial charge in [0.05, 0.1) is 11.6 Å². The summed E-state index contributed by atoms with van der Waals surface area (Å²) in [7, 11) is 0. The molecule has 140 valence electrons. The molecule has 1 aromatic heterocycles. The molecule has 2 fully saturated rings. The van der Waals surface area contributed by atoms with E-state index in [0.29, 0.717) is 23.7 Å². The van der Waals surface area contributed by atoms with Crippen molar-refractivity contribution in [1.29, 1.82) is 0 Å². The van der Waals surface area contributed by atoms with Crippen molar-refractivity contribution >= 4 is 29.1 Å². The van der Waals surface area contributed by atoms with E-state index >= 15 is 0 Å². The molecule has 2 amide bonds. The molecule has 2 aromatic rings. The number of benzene rings is 1. The summed E-state index contributed by atoms with van der Waals surface area (Å²) in [6, 6.07) is 7.38. The summed E-state index contributed by atoms with van der Waals surface area (Å²) in [5.41, 5.74) is 0.742. The van der Waals surface area contributed by atoms with Crippen LogP contribution in [0.4, 0.5) is 5.69 Å². The lowest BCUT2D eigenvalue weighted by atomic mass is 9.71. The minimum Gasteiger partial charge on any atom is -0.348 e. The molecule has 2 atom stereocenters. The fourth-order valence-electron chi connectivity index (χ4n) is 4.29. The third-order valence-electron chi connectivity index (χ3n) is 5.61. The van der Waals surface area contributed by atoms with Crippen LogP contribution in [0.25, 0.3) is 0 Å². The Hall–Kier alpha value is -2.47. The monoisotopic (exact) mass is 384 g/mol. The van der Waals surface area contributed by atoms with Crippen LogP contribution in [0.1, 0.15) is 42.6 Å². The summed E-state index contributed by atoms with van der Waals surface area (Å²) in [5, 5.41) is 3.66. The SMILES string of the molecule is O=C(N[C@H]1CCCC2(CCN(c3cccc(Cl)c3)C2=O)C1)c1cnccn1. The maximum atomic E-state index is 13.2. The van der Waals surface area contributed by atoms with Crippen molar-refractivity contribution in [3.8, 4) is 0 Å². The predicted molar refractivity (Wildman–Crippen MR) is 103 cm³/mol.